The van der Waals surface area contributed by atoms with Crippen molar-refractivity contribution in [2.24, 2.45) is 10.7 Å². The van der Waals surface area contributed by atoms with Crippen molar-refractivity contribution < 1.29 is 9.47 Å². The fourth-order valence-corrected chi connectivity index (χ4v) is 3.11. The van der Waals surface area contributed by atoms with Crippen LogP contribution in [0.2, 0.25) is 0 Å². The number of aliphatic imine (C=N–C) groups is 1. The molecule has 2 aromatic carbocycles. The van der Waals surface area contributed by atoms with E-state index in [-0.39, 0.29) is 0 Å². The number of benzene rings is 2. The second-order valence-electron chi connectivity index (χ2n) is 5.38. The van der Waals surface area contributed by atoms with E-state index < -0.39 is 0 Å². The number of ether oxygens (including phenoxy) is 2. The zero-order chi connectivity index (χ0) is 17.4. The topological polar surface area (TPSA) is 56.8 Å². The summed E-state index contributed by atoms with van der Waals surface area (Å²) in [6, 6.07) is 14.3. The van der Waals surface area contributed by atoms with Gasteiger partial charge in [0, 0.05) is 12.3 Å². The van der Waals surface area contributed by atoms with Crippen LogP contribution in [-0.4, -0.2) is 25.9 Å². The van der Waals surface area contributed by atoms with Gasteiger partial charge in [-0.05, 0) is 42.2 Å². The fourth-order valence-electron chi connectivity index (χ4n) is 2.32. The van der Waals surface area contributed by atoms with E-state index in [0.717, 1.165) is 29.2 Å². The maximum absolute atomic E-state index is 6.02. The van der Waals surface area contributed by atoms with Gasteiger partial charge in [-0.1, -0.05) is 42.1 Å². The van der Waals surface area contributed by atoms with Crippen LogP contribution in [0, 0.1) is 6.92 Å². The molecule has 2 rings (SSSR count). The van der Waals surface area contributed by atoms with Crippen molar-refractivity contribution in [3.8, 4) is 11.5 Å². The number of aryl methyl sites for hydroxylation is 1. The Labute approximate surface area is 148 Å². The quantitative estimate of drug-likeness (QED) is 0.613. The number of amidine groups is 1. The molecule has 0 aromatic heterocycles. The van der Waals surface area contributed by atoms with E-state index in [4.69, 9.17) is 15.2 Å². The minimum atomic E-state index is 0.611. The third-order valence-corrected chi connectivity index (χ3v) is 4.61. The van der Waals surface area contributed by atoms with Gasteiger partial charge < -0.3 is 15.2 Å². The molecular weight excluding hydrogens is 320 g/mol. The lowest BCUT2D eigenvalue weighted by molar-refractivity contribution is 0.354. The molecule has 0 atom stereocenters. The lowest BCUT2D eigenvalue weighted by Crippen LogP contribution is -2.09. The van der Waals surface area contributed by atoms with Crippen LogP contribution < -0.4 is 15.2 Å². The third-order valence-electron chi connectivity index (χ3n) is 3.73. The largest absolute Gasteiger partial charge is 0.493 e. The molecule has 0 amide bonds. The maximum atomic E-state index is 6.02. The molecule has 2 aromatic rings. The number of rotatable bonds is 7. The molecule has 24 heavy (non-hydrogen) atoms. The number of nitrogens with two attached hydrogens (primary N) is 1. The van der Waals surface area contributed by atoms with Crippen molar-refractivity contribution in [1.82, 2.24) is 0 Å². The summed E-state index contributed by atoms with van der Waals surface area (Å²) in [5.74, 6) is 2.24. The highest BCUT2D eigenvalue weighted by molar-refractivity contribution is 8.13. The average Bonchev–Trinajstić information content (AvgIpc) is 2.61. The van der Waals surface area contributed by atoms with Crippen LogP contribution in [0.1, 0.15) is 16.7 Å². The van der Waals surface area contributed by atoms with Crippen LogP contribution in [0.4, 0.5) is 0 Å². The van der Waals surface area contributed by atoms with Gasteiger partial charge in [0.25, 0.3) is 0 Å². The summed E-state index contributed by atoms with van der Waals surface area (Å²) in [6.07, 6.45) is 0.900. The summed E-state index contributed by atoms with van der Waals surface area (Å²) in [6.45, 7) is 2.76. The van der Waals surface area contributed by atoms with Gasteiger partial charge in [0.05, 0.1) is 14.2 Å². The van der Waals surface area contributed by atoms with Crippen molar-refractivity contribution in [2.75, 3.05) is 20.8 Å². The number of hydrogen-bond donors (Lipinski definition) is 1. The molecule has 0 fully saturated rings. The van der Waals surface area contributed by atoms with Gasteiger partial charge in [-0.25, -0.2) is 0 Å². The number of methoxy groups -OCH3 is 2. The first-order valence-electron chi connectivity index (χ1n) is 7.82. The van der Waals surface area contributed by atoms with Gasteiger partial charge in [0.15, 0.2) is 16.7 Å². The minimum absolute atomic E-state index is 0.611. The molecule has 0 bridgehead atoms. The molecule has 0 unspecified atom stereocenters. The van der Waals surface area contributed by atoms with Crippen LogP contribution in [0.3, 0.4) is 0 Å². The molecule has 5 heteroatoms. The Morgan fingerprint density at radius 2 is 1.75 bits per heavy atom. The average molecular weight is 344 g/mol. The Bertz CT molecular complexity index is 687. The fraction of sp³-hybridized carbons (Fsp3) is 0.316. The molecule has 2 N–H and O–H groups in total. The SMILES string of the molecule is COc1cc(C)c(CSC(N)=NCCc2ccccc2)cc1OC. The van der Waals surface area contributed by atoms with E-state index in [2.05, 4.69) is 24.0 Å². The van der Waals surface area contributed by atoms with Gasteiger partial charge in [0.2, 0.25) is 0 Å². The van der Waals surface area contributed by atoms with E-state index in [1.807, 2.05) is 30.3 Å². The van der Waals surface area contributed by atoms with Crippen molar-refractivity contribution >= 4 is 16.9 Å². The van der Waals surface area contributed by atoms with Gasteiger partial charge in [-0.2, -0.15) is 0 Å². The molecule has 0 heterocycles. The van der Waals surface area contributed by atoms with Crippen LogP contribution in [0.5, 0.6) is 11.5 Å². The molecule has 0 radical (unpaired) electrons. The summed E-state index contributed by atoms with van der Waals surface area (Å²) in [7, 11) is 3.28. The molecule has 0 aliphatic rings. The van der Waals surface area contributed by atoms with Gasteiger partial charge in [0.1, 0.15) is 0 Å². The second-order valence-corrected chi connectivity index (χ2v) is 6.37. The standard InChI is InChI=1S/C19H24N2O2S/c1-14-11-17(22-2)18(23-3)12-16(14)13-24-19(20)21-10-9-15-7-5-4-6-8-15/h4-8,11-12H,9-10,13H2,1-3H3,(H2,20,21). The Morgan fingerprint density at radius 1 is 1.08 bits per heavy atom. The van der Waals surface area contributed by atoms with Crippen LogP contribution in [0.15, 0.2) is 47.5 Å². The molecule has 0 saturated carbocycles. The van der Waals surface area contributed by atoms with E-state index in [0.29, 0.717) is 11.7 Å². The zero-order valence-electron chi connectivity index (χ0n) is 14.4. The predicted molar refractivity (Wildman–Crippen MR) is 102 cm³/mol. The van der Waals surface area contributed by atoms with Crippen molar-refractivity contribution in [3.05, 3.63) is 59.2 Å². The maximum Gasteiger partial charge on any atom is 0.161 e. The predicted octanol–water partition coefficient (Wildman–Crippen LogP) is 3.80. The Hall–Kier alpha value is -2.14. The Balaban J connectivity index is 1.91. The Kier molecular flexibility index (Phi) is 7.00. The molecule has 0 aliphatic carbocycles. The normalized spacial score (nSPS) is 11.4. The van der Waals surface area contributed by atoms with Gasteiger partial charge in [-0.15, -0.1) is 0 Å². The number of thioether (sulfide) groups is 1. The minimum Gasteiger partial charge on any atom is -0.493 e. The molecule has 0 spiro atoms. The summed E-state index contributed by atoms with van der Waals surface area (Å²) in [5.41, 5.74) is 9.61. The van der Waals surface area contributed by atoms with Gasteiger partial charge in [-0.3, -0.25) is 4.99 Å². The number of hydrogen-bond acceptors (Lipinski definition) is 4. The first-order valence-corrected chi connectivity index (χ1v) is 8.80. The summed E-state index contributed by atoms with van der Waals surface area (Å²) < 4.78 is 10.7. The summed E-state index contributed by atoms with van der Waals surface area (Å²) in [5, 5.41) is 0.611. The lowest BCUT2D eigenvalue weighted by atomic mass is 10.1. The van der Waals surface area contributed by atoms with Crippen molar-refractivity contribution in [2.45, 2.75) is 19.1 Å². The summed E-state index contributed by atoms with van der Waals surface area (Å²) >= 11 is 1.54. The van der Waals surface area contributed by atoms with Crippen LogP contribution in [-0.2, 0) is 12.2 Å². The monoisotopic (exact) mass is 344 g/mol. The molecule has 0 saturated heterocycles. The first-order chi connectivity index (χ1) is 11.6. The van der Waals surface area contributed by atoms with Crippen molar-refractivity contribution in [3.63, 3.8) is 0 Å². The molecular formula is C19H24N2O2S. The third kappa shape index (κ3) is 5.20. The molecule has 0 aliphatic heterocycles. The van der Waals surface area contributed by atoms with E-state index in [1.54, 1.807) is 26.0 Å². The number of nitrogens with zero attached hydrogens (tertiary/aromatic N) is 1. The zero-order valence-corrected chi connectivity index (χ0v) is 15.2. The van der Waals surface area contributed by atoms with E-state index in [9.17, 15) is 0 Å². The lowest BCUT2D eigenvalue weighted by Gasteiger charge is -2.12. The highest BCUT2D eigenvalue weighted by atomic mass is 32.2. The Morgan fingerprint density at radius 3 is 2.42 bits per heavy atom. The highest BCUT2D eigenvalue weighted by Gasteiger charge is 2.09. The van der Waals surface area contributed by atoms with E-state index >= 15 is 0 Å². The smallest absolute Gasteiger partial charge is 0.161 e. The highest BCUT2D eigenvalue weighted by Crippen LogP contribution is 2.31. The molecule has 4 nitrogen and oxygen atoms in total. The second kappa shape index (κ2) is 9.23. The first kappa shape index (κ1) is 18.2. The van der Waals surface area contributed by atoms with Crippen molar-refractivity contribution in [1.29, 1.82) is 0 Å². The van der Waals surface area contributed by atoms with Gasteiger partial charge >= 0.3 is 0 Å². The summed E-state index contributed by atoms with van der Waals surface area (Å²) in [4.78, 5) is 4.44. The van der Waals surface area contributed by atoms with Crippen LogP contribution >= 0.6 is 11.8 Å². The van der Waals surface area contributed by atoms with E-state index in [1.165, 1.54) is 11.1 Å². The van der Waals surface area contributed by atoms with Crippen LogP contribution in [0.25, 0.3) is 0 Å². The molecule has 128 valence electrons.